The third-order valence-corrected chi connectivity index (χ3v) is 4.14. The molecule has 1 fully saturated rings. The monoisotopic (exact) mass is 266 g/mol. The first kappa shape index (κ1) is 16.0. The summed E-state index contributed by atoms with van der Waals surface area (Å²) in [5.41, 5.74) is -0.499. The summed E-state index contributed by atoms with van der Waals surface area (Å²) in [4.78, 5) is 14.2. The van der Waals surface area contributed by atoms with Gasteiger partial charge in [-0.05, 0) is 38.1 Å². The normalized spacial score (nSPS) is 20.2. The van der Waals surface area contributed by atoms with Crippen molar-refractivity contribution in [3.8, 4) is 12.3 Å². The summed E-state index contributed by atoms with van der Waals surface area (Å²) in [5.74, 6) is 3.24. The van der Waals surface area contributed by atoms with Crippen molar-refractivity contribution in [2.45, 2.75) is 45.1 Å². The van der Waals surface area contributed by atoms with Crippen LogP contribution in [0.2, 0.25) is 0 Å². The van der Waals surface area contributed by atoms with E-state index in [1.165, 1.54) is 0 Å². The molecule has 1 atom stereocenters. The summed E-state index contributed by atoms with van der Waals surface area (Å²) in [5, 5.41) is 11.9. The number of aliphatic hydroxyl groups excluding tert-OH is 1. The van der Waals surface area contributed by atoms with Crippen LogP contribution in [0.25, 0.3) is 0 Å². The Balaban J connectivity index is 2.42. The molecule has 1 saturated heterocycles. The van der Waals surface area contributed by atoms with Crippen molar-refractivity contribution in [3.05, 3.63) is 0 Å². The minimum atomic E-state index is -0.499. The number of hydrogen-bond donors (Lipinski definition) is 2. The van der Waals surface area contributed by atoms with Gasteiger partial charge in [-0.1, -0.05) is 19.8 Å². The molecule has 1 aliphatic rings. The Labute approximate surface area is 116 Å². The lowest BCUT2D eigenvalue weighted by atomic mass is 9.94. The first-order chi connectivity index (χ1) is 9.09. The number of aliphatic hydroxyl groups is 1. The van der Waals surface area contributed by atoms with E-state index in [2.05, 4.69) is 16.1 Å². The molecule has 19 heavy (non-hydrogen) atoms. The standard InChI is InChI=1S/C15H26N2O2/c1-4-15(5-2,6-3)16-14(19)12-17-9-7-13(11-17)8-10-18/h1,13,18H,5-12H2,2-3H3,(H,16,19). The third kappa shape index (κ3) is 4.52. The zero-order valence-electron chi connectivity index (χ0n) is 12.1. The van der Waals surface area contributed by atoms with Gasteiger partial charge in [0.15, 0.2) is 0 Å². The summed E-state index contributed by atoms with van der Waals surface area (Å²) >= 11 is 0. The molecule has 1 heterocycles. The van der Waals surface area contributed by atoms with Crippen molar-refractivity contribution < 1.29 is 9.90 Å². The van der Waals surface area contributed by atoms with Crippen LogP contribution in [-0.4, -0.2) is 47.7 Å². The number of terminal acetylenes is 1. The van der Waals surface area contributed by atoms with Crippen LogP contribution in [0.5, 0.6) is 0 Å². The average Bonchev–Trinajstić information content (AvgIpc) is 2.84. The lowest BCUT2D eigenvalue weighted by molar-refractivity contribution is -0.123. The van der Waals surface area contributed by atoms with Gasteiger partial charge < -0.3 is 10.4 Å². The number of nitrogens with zero attached hydrogens (tertiary/aromatic N) is 1. The molecule has 0 saturated carbocycles. The first-order valence-corrected chi connectivity index (χ1v) is 7.21. The second-order valence-electron chi connectivity index (χ2n) is 5.38. The molecule has 0 bridgehead atoms. The minimum Gasteiger partial charge on any atom is -0.396 e. The van der Waals surface area contributed by atoms with Crippen molar-refractivity contribution in [1.82, 2.24) is 10.2 Å². The van der Waals surface area contributed by atoms with Crippen LogP contribution in [0, 0.1) is 18.3 Å². The molecule has 108 valence electrons. The fourth-order valence-electron chi connectivity index (χ4n) is 2.65. The number of nitrogens with one attached hydrogen (secondary N) is 1. The lowest BCUT2D eigenvalue weighted by Crippen LogP contribution is -2.49. The molecular formula is C15H26N2O2. The predicted molar refractivity (Wildman–Crippen MR) is 76.5 cm³/mol. The second-order valence-corrected chi connectivity index (χ2v) is 5.38. The number of amides is 1. The molecule has 2 N–H and O–H groups in total. The second kappa shape index (κ2) is 7.52. The molecule has 1 amide bonds. The fraction of sp³-hybridized carbons (Fsp3) is 0.800. The molecular weight excluding hydrogens is 240 g/mol. The Hall–Kier alpha value is -1.05. The van der Waals surface area contributed by atoms with Crippen molar-refractivity contribution in [3.63, 3.8) is 0 Å². The number of rotatable bonds is 7. The van der Waals surface area contributed by atoms with Gasteiger partial charge in [-0.3, -0.25) is 9.69 Å². The van der Waals surface area contributed by atoms with Crippen molar-refractivity contribution in [2.24, 2.45) is 5.92 Å². The molecule has 0 aliphatic carbocycles. The van der Waals surface area contributed by atoms with E-state index in [-0.39, 0.29) is 12.5 Å². The Morgan fingerprint density at radius 2 is 2.21 bits per heavy atom. The molecule has 0 aromatic heterocycles. The van der Waals surface area contributed by atoms with Gasteiger partial charge in [0, 0.05) is 13.2 Å². The van der Waals surface area contributed by atoms with Gasteiger partial charge >= 0.3 is 0 Å². The summed E-state index contributed by atoms with van der Waals surface area (Å²) in [6.07, 6.45) is 8.93. The van der Waals surface area contributed by atoms with Crippen LogP contribution in [0.3, 0.4) is 0 Å². The highest BCUT2D eigenvalue weighted by atomic mass is 16.3. The number of carbonyl (C=O) groups is 1. The number of hydrogen-bond acceptors (Lipinski definition) is 3. The number of carbonyl (C=O) groups excluding carboxylic acids is 1. The van der Waals surface area contributed by atoms with Crippen molar-refractivity contribution >= 4 is 5.91 Å². The van der Waals surface area contributed by atoms with Crippen LogP contribution in [0.1, 0.15) is 39.5 Å². The van der Waals surface area contributed by atoms with E-state index >= 15 is 0 Å². The Morgan fingerprint density at radius 3 is 2.74 bits per heavy atom. The van der Waals surface area contributed by atoms with Crippen LogP contribution < -0.4 is 5.32 Å². The van der Waals surface area contributed by atoms with Gasteiger partial charge in [0.25, 0.3) is 0 Å². The fourth-order valence-corrected chi connectivity index (χ4v) is 2.65. The van der Waals surface area contributed by atoms with E-state index in [4.69, 9.17) is 11.5 Å². The van der Waals surface area contributed by atoms with Gasteiger partial charge in [-0.2, -0.15) is 0 Å². The largest absolute Gasteiger partial charge is 0.396 e. The van der Waals surface area contributed by atoms with Crippen LogP contribution in [-0.2, 0) is 4.79 Å². The molecule has 0 aromatic rings. The smallest absolute Gasteiger partial charge is 0.235 e. The van der Waals surface area contributed by atoms with Gasteiger partial charge in [0.05, 0.1) is 6.54 Å². The number of likely N-dealkylation sites (tertiary alicyclic amines) is 1. The SMILES string of the molecule is C#CC(CC)(CC)NC(=O)CN1CCC(CCO)C1. The quantitative estimate of drug-likeness (QED) is 0.676. The molecule has 1 unspecified atom stereocenters. The van der Waals surface area contributed by atoms with Crippen LogP contribution in [0.15, 0.2) is 0 Å². The predicted octanol–water partition coefficient (Wildman–Crippen LogP) is 0.999. The topological polar surface area (TPSA) is 52.6 Å². The minimum absolute atomic E-state index is 0.00583. The van der Waals surface area contributed by atoms with Crippen LogP contribution >= 0.6 is 0 Å². The highest BCUT2D eigenvalue weighted by Gasteiger charge is 2.28. The highest BCUT2D eigenvalue weighted by Crippen LogP contribution is 2.19. The van der Waals surface area contributed by atoms with E-state index in [1.54, 1.807) is 0 Å². The van der Waals surface area contributed by atoms with E-state index in [1.807, 2.05) is 13.8 Å². The maximum Gasteiger partial charge on any atom is 0.235 e. The summed E-state index contributed by atoms with van der Waals surface area (Å²) in [6.45, 7) is 6.46. The molecule has 0 radical (unpaired) electrons. The molecule has 0 aromatic carbocycles. The van der Waals surface area contributed by atoms with E-state index in [0.717, 1.165) is 38.8 Å². The van der Waals surface area contributed by atoms with Gasteiger partial charge in [-0.15, -0.1) is 6.42 Å². The Kier molecular flexibility index (Phi) is 6.33. The van der Waals surface area contributed by atoms with Crippen LogP contribution in [0.4, 0.5) is 0 Å². The van der Waals surface area contributed by atoms with Crippen molar-refractivity contribution in [2.75, 3.05) is 26.2 Å². The highest BCUT2D eigenvalue weighted by molar-refractivity contribution is 5.79. The molecule has 1 rings (SSSR count). The van der Waals surface area contributed by atoms with E-state index in [9.17, 15) is 4.79 Å². The van der Waals surface area contributed by atoms with Crippen molar-refractivity contribution in [1.29, 1.82) is 0 Å². The molecule has 4 heteroatoms. The van der Waals surface area contributed by atoms with Gasteiger partial charge in [-0.25, -0.2) is 0 Å². The lowest BCUT2D eigenvalue weighted by Gasteiger charge is -2.28. The first-order valence-electron chi connectivity index (χ1n) is 7.21. The Bertz CT molecular complexity index is 332. The van der Waals surface area contributed by atoms with Gasteiger partial charge in [0.1, 0.15) is 5.54 Å². The zero-order valence-corrected chi connectivity index (χ0v) is 12.1. The maximum atomic E-state index is 12.1. The third-order valence-electron chi connectivity index (χ3n) is 4.14. The summed E-state index contributed by atoms with van der Waals surface area (Å²) in [7, 11) is 0. The summed E-state index contributed by atoms with van der Waals surface area (Å²) in [6, 6.07) is 0. The Morgan fingerprint density at radius 1 is 1.53 bits per heavy atom. The van der Waals surface area contributed by atoms with Gasteiger partial charge in [0.2, 0.25) is 5.91 Å². The van der Waals surface area contributed by atoms with E-state index in [0.29, 0.717) is 12.5 Å². The molecule has 0 spiro atoms. The maximum absolute atomic E-state index is 12.1. The summed E-state index contributed by atoms with van der Waals surface area (Å²) < 4.78 is 0. The molecule has 4 nitrogen and oxygen atoms in total. The van der Waals surface area contributed by atoms with E-state index < -0.39 is 5.54 Å². The average molecular weight is 266 g/mol. The zero-order chi connectivity index (χ0) is 14.3. The molecule has 1 aliphatic heterocycles.